The summed E-state index contributed by atoms with van der Waals surface area (Å²) in [6.45, 7) is 10.9. The summed E-state index contributed by atoms with van der Waals surface area (Å²) in [6.07, 6.45) is 3.99. The minimum absolute atomic E-state index is 0.866. The van der Waals surface area contributed by atoms with Crippen LogP contribution >= 0.6 is 0 Å². The van der Waals surface area contributed by atoms with E-state index < -0.39 is 0 Å². The third-order valence-corrected chi connectivity index (χ3v) is 3.85. The maximum absolute atomic E-state index is 4.09. The molecule has 1 heteroatoms. The Bertz CT molecular complexity index is 803. The minimum atomic E-state index is 0.866. The summed E-state index contributed by atoms with van der Waals surface area (Å²) < 4.78 is 2.28. The second-order valence-corrected chi connectivity index (χ2v) is 5.40. The van der Waals surface area contributed by atoms with E-state index in [1.54, 1.807) is 0 Å². The van der Waals surface area contributed by atoms with Gasteiger partial charge in [-0.3, -0.25) is 0 Å². The number of hydrogen-bond donors (Lipinski definition) is 0. The number of benzene rings is 2. The second-order valence-electron chi connectivity index (χ2n) is 5.40. The molecule has 0 aliphatic rings. The van der Waals surface area contributed by atoms with Gasteiger partial charge in [0.05, 0.1) is 0 Å². The summed E-state index contributed by atoms with van der Waals surface area (Å²) in [5.74, 6) is 0. The molecule has 0 radical (unpaired) electrons. The van der Waals surface area contributed by atoms with Gasteiger partial charge in [0.1, 0.15) is 0 Å². The maximum atomic E-state index is 4.09. The molecule has 0 unspecified atom stereocenters. The Balaban J connectivity index is 2.08. The molecule has 1 aromatic heterocycles. The Morgan fingerprint density at radius 1 is 1.10 bits per heavy atom. The number of para-hydroxylation sites is 1. The SMILES string of the molecule is C=CC(=C)c1cn(Cc2ccc(C)cc2)c2ccccc12. The molecule has 0 atom stereocenters. The first-order valence-electron chi connectivity index (χ1n) is 7.14. The van der Waals surface area contributed by atoms with Crippen molar-refractivity contribution in [2.75, 3.05) is 0 Å². The van der Waals surface area contributed by atoms with E-state index in [0.29, 0.717) is 0 Å². The van der Waals surface area contributed by atoms with Gasteiger partial charge < -0.3 is 4.57 Å². The van der Waals surface area contributed by atoms with Crippen LogP contribution in [0.25, 0.3) is 16.5 Å². The second kappa shape index (κ2) is 5.45. The lowest BCUT2D eigenvalue weighted by Crippen LogP contribution is -1.97. The smallest absolute Gasteiger partial charge is 0.0489 e. The average Bonchev–Trinajstić information content (AvgIpc) is 2.88. The fourth-order valence-electron chi connectivity index (χ4n) is 2.63. The van der Waals surface area contributed by atoms with Crippen molar-refractivity contribution in [2.24, 2.45) is 0 Å². The molecular weight excluding hydrogens is 254 g/mol. The summed E-state index contributed by atoms with van der Waals surface area (Å²) in [7, 11) is 0. The van der Waals surface area contributed by atoms with Gasteiger partial charge in [0, 0.05) is 29.2 Å². The first-order valence-corrected chi connectivity index (χ1v) is 7.14. The van der Waals surface area contributed by atoms with Gasteiger partial charge in [0.15, 0.2) is 0 Å². The fraction of sp³-hybridized carbons (Fsp3) is 0.100. The summed E-state index contributed by atoms with van der Waals surface area (Å²) in [5, 5.41) is 1.23. The maximum Gasteiger partial charge on any atom is 0.0489 e. The molecule has 3 aromatic rings. The zero-order valence-electron chi connectivity index (χ0n) is 12.3. The Morgan fingerprint density at radius 2 is 1.81 bits per heavy atom. The molecule has 104 valence electrons. The van der Waals surface area contributed by atoms with E-state index in [9.17, 15) is 0 Å². The van der Waals surface area contributed by atoms with E-state index in [4.69, 9.17) is 0 Å². The zero-order valence-corrected chi connectivity index (χ0v) is 12.3. The van der Waals surface area contributed by atoms with Gasteiger partial charge in [0.25, 0.3) is 0 Å². The number of rotatable bonds is 4. The molecule has 0 bridgehead atoms. The summed E-state index contributed by atoms with van der Waals surface area (Å²) in [6, 6.07) is 17.1. The highest BCUT2D eigenvalue weighted by Gasteiger charge is 2.09. The zero-order chi connectivity index (χ0) is 14.8. The molecule has 0 saturated carbocycles. The van der Waals surface area contributed by atoms with Gasteiger partial charge in [-0.05, 0) is 24.1 Å². The molecule has 0 amide bonds. The van der Waals surface area contributed by atoms with Crippen LogP contribution in [0.4, 0.5) is 0 Å². The molecule has 0 fully saturated rings. The van der Waals surface area contributed by atoms with Crippen molar-refractivity contribution in [2.45, 2.75) is 13.5 Å². The predicted molar refractivity (Wildman–Crippen MR) is 91.5 cm³/mol. The Hall–Kier alpha value is -2.54. The number of nitrogens with zero attached hydrogens (tertiary/aromatic N) is 1. The molecule has 0 aliphatic heterocycles. The van der Waals surface area contributed by atoms with Crippen LogP contribution in [0.3, 0.4) is 0 Å². The van der Waals surface area contributed by atoms with Gasteiger partial charge in [0.2, 0.25) is 0 Å². The number of aryl methyl sites for hydroxylation is 1. The van der Waals surface area contributed by atoms with E-state index >= 15 is 0 Å². The van der Waals surface area contributed by atoms with Gasteiger partial charge in [-0.2, -0.15) is 0 Å². The van der Waals surface area contributed by atoms with Gasteiger partial charge in [-0.1, -0.05) is 67.3 Å². The van der Waals surface area contributed by atoms with Crippen molar-refractivity contribution in [3.8, 4) is 0 Å². The molecule has 0 N–H and O–H groups in total. The summed E-state index contributed by atoms with van der Waals surface area (Å²) in [5.41, 5.74) is 5.95. The highest BCUT2D eigenvalue weighted by atomic mass is 15.0. The molecule has 1 heterocycles. The van der Waals surface area contributed by atoms with Gasteiger partial charge in [-0.15, -0.1) is 0 Å². The van der Waals surface area contributed by atoms with Crippen LogP contribution in [0, 0.1) is 6.92 Å². The van der Waals surface area contributed by atoms with Gasteiger partial charge >= 0.3 is 0 Å². The van der Waals surface area contributed by atoms with Crippen molar-refractivity contribution in [3.05, 3.63) is 90.7 Å². The molecule has 3 rings (SSSR count). The number of aromatic nitrogens is 1. The van der Waals surface area contributed by atoms with E-state index in [-0.39, 0.29) is 0 Å². The number of allylic oxidation sites excluding steroid dienone is 2. The van der Waals surface area contributed by atoms with Crippen molar-refractivity contribution < 1.29 is 0 Å². The summed E-state index contributed by atoms with van der Waals surface area (Å²) >= 11 is 0. The molecule has 21 heavy (non-hydrogen) atoms. The van der Waals surface area contributed by atoms with Crippen molar-refractivity contribution in [3.63, 3.8) is 0 Å². The Labute approximate surface area is 125 Å². The van der Waals surface area contributed by atoms with Crippen molar-refractivity contribution >= 4 is 16.5 Å². The predicted octanol–water partition coefficient (Wildman–Crippen LogP) is 5.20. The van der Waals surface area contributed by atoms with E-state index in [2.05, 4.69) is 79.4 Å². The molecule has 2 aromatic carbocycles. The van der Waals surface area contributed by atoms with Gasteiger partial charge in [-0.25, -0.2) is 0 Å². The number of fused-ring (bicyclic) bond motifs is 1. The number of hydrogen-bond acceptors (Lipinski definition) is 0. The average molecular weight is 273 g/mol. The van der Waals surface area contributed by atoms with Crippen LogP contribution < -0.4 is 0 Å². The van der Waals surface area contributed by atoms with Crippen LogP contribution in [0.2, 0.25) is 0 Å². The molecule has 0 spiro atoms. The largest absolute Gasteiger partial charge is 0.342 e. The third kappa shape index (κ3) is 2.55. The molecular formula is C20H19N. The normalized spacial score (nSPS) is 10.7. The lowest BCUT2D eigenvalue weighted by atomic mass is 10.1. The molecule has 0 saturated heterocycles. The first-order chi connectivity index (χ1) is 10.2. The van der Waals surface area contributed by atoms with Crippen LogP contribution in [-0.2, 0) is 6.54 Å². The monoisotopic (exact) mass is 273 g/mol. The van der Waals surface area contributed by atoms with E-state index in [1.807, 2.05) is 6.08 Å². The highest BCUT2D eigenvalue weighted by molar-refractivity contribution is 5.94. The Kier molecular flexibility index (Phi) is 3.49. The van der Waals surface area contributed by atoms with Crippen LogP contribution in [0.1, 0.15) is 16.7 Å². The van der Waals surface area contributed by atoms with Crippen LogP contribution in [0.5, 0.6) is 0 Å². The molecule has 0 aliphatic carbocycles. The summed E-state index contributed by atoms with van der Waals surface area (Å²) in [4.78, 5) is 0. The van der Waals surface area contributed by atoms with E-state index in [0.717, 1.165) is 17.7 Å². The quantitative estimate of drug-likeness (QED) is 0.576. The van der Waals surface area contributed by atoms with Crippen LogP contribution in [-0.4, -0.2) is 4.57 Å². The fourth-order valence-corrected chi connectivity index (χ4v) is 2.63. The van der Waals surface area contributed by atoms with Crippen molar-refractivity contribution in [1.82, 2.24) is 4.57 Å². The third-order valence-electron chi connectivity index (χ3n) is 3.85. The molecule has 1 nitrogen and oxygen atoms in total. The Morgan fingerprint density at radius 3 is 2.52 bits per heavy atom. The highest BCUT2D eigenvalue weighted by Crippen LogP contribution is 2.27. The minimum Gasteiger partial charge on any atom is -0.342 e. The van der Waals surface area contributed by atoms with Crippen molar-refractivity contribution in [1.29, 1.82) is 0 Å². The topological polar surface area (TPSA) is 4.93 Å². The standard InChI is InChI=1S/C20H19N/c1-4-16(3)19-14-21(20-8-6-5-7-18(19)20)13-17-11-9-15(2)10-12-17/h4-12,14H,1,3,13H2,2H3. The van der Waals surface area contributed by atoms with E-state index in [1.165, 1.54) is 22.0 Å². The lowest BCUT2D eigenvalue weighted by Gasteiger charge is -2.06. The van der Waals surface area contributed by atoms with Crippen LogP contribution in [0.15, 0.2) is 74.0 Å². The lowest BCUT2D eigenvalue weighted by molar-refractivity contribution is 0.835. The first kappa shape index (κ1) is 13.4.